The van der Waals surface area contributed by atoms with Gasteiger partial charge in [-0.1, -0.05) is 26.3 Å². The summed E-state index contributed by atoms with van der Waals surface area (Å²) in [5.74, 6) is 0.229. The fraction of sp³-hybridized carbons (Fsp3) is 0.667. The summed E-state index contributed by atoms with van der Waals surface area (Å²) in [6.45, 7) is 6.25. The second-order valence-corrected chi connectivity index (χ2v) is 6.47. The van der Waals surface area contributed by atoms with Crippen LogP contribution in [0.25, 0.3) is 0 Å². The van der Waals surface area contributed by atoms with Crippen molar-refractivity contribution in [3.8, 4) is 0 Å². The Labute approximate surface area is 124 Å². The summed E-state index contributed by atoms with van der Waals surface area (Å²) in [6.07, 6.45) is 3.36. The van der Waals surface area contributed by atoms with Gasteiger partial charge in [0, 0.05) is 0 Å². The van der Waals surface area contributed by atoms with Gasteiger partial charge in [-0.25, -0.2) is 4.98 Å². The number of nitrogens with zero attached hydrogens (tertiary/aromatic N) is 2. The predicted molar refractivity (Wildman–Crippen MR) is 80.9 cm³/mol. The van der Waals surface area contributed by atoms with Crippen molar-refractivity contribution >= 4 is 15.9 Å². The van der Waals surface area contributed by atoms with Gasteiger partial charge in [0.25, 0.3) is 0 Å². The summed E-state index contributed by atoms with van der Waals surface area (Å²) in [5.41, 5.74) is 0.970. The molecule has 0 aromatic carbocycles. The zero-order valence-electron chi connectivity index (χ0n) is 11.7. The van der Waals surface area contributed by atoms with Crippen LogP contribution in [0.5, 0.6) is 0 Å². The van der Waals surface area contributed by atoms with Crippen molar-refractivity contribution in [2.24, 2.45) is 5.92 Å². The fourth-order valence-electron chi connectivity index (χ4n) is 2.73. The third kappa shape index (κ3) is 3.77. The summed E-state index contributed by atoms with van der Waals surface area (Å²) in [4.78, 5) is 6.96. The van der Waals surface area contributed by atoms with E-state index in [1.54, 1.807) is 0 Å². The molecular weight excluding hydrogens is 304 g/mol. The molecule has 2 heterocycles. The molecule has 0 saturated carbocycles. The van der Waals surface area contributed by atoms with Crippen LogP contribution in [0.3, 0.4) is 0 Å². The number of piperidine rings is 1. The fourth-order valence-corrected chi connectivity index (χ4v) is 3.09. The average molecular weight is 327 g/mol. The Balaban J connectivity index is 2.27. The van der Waals surface area contributed by atoms with Gasteiger partial charge in [-0.05, 0) is 59.9 Å². The molecule has 2 unspecified atom stereocenters. The molecule has 106 valence electrons. The van der Waals surface area contributed by atoms with Gasteiger partial charge >= 0.3 is 0 Å². The standard InChI is InChI=1S/C15H23BrN2O/c1-11(2)15(19)14(18-9-4-3-5-10-18)12-7-6-8-13(16)17-12/h6-8,11,14-15,19H,3-5,9-10H2,1-2H3. The Kier molecular flexibility index (Phi) is 5.37. The highest BCUT2D eigenvalue weighted by Gasteiger charge is 2.31. The molecule has 0 bridgehead atoms. The highest BCUT2D eigenvalue weighted by atomic mass is 79.9. The maximum Gasteiger partial charge on any atom is 0.106 e. The molecule has 1 aliphatic rings. The number of hydrogen-bond acceptors (Lipinski definition) is 3. The van der Waals surface area contributed by atoms with E-state index < -0.39 is 0 Å². The number of pyridine rings is 1. The van der Waals surface area contributed by atoms with Crippen LogP contribution in [0.2, 0.25) is 0 Å². The Hall–Kier alpha value is -0.450. The molecule has 1 aromatic heterocycles. The van der Waals surface area contributed by atoms with Crippen molar-refractivity contribution in [1.82, 2.24) is 9.88 Å². The number of likely N-dealkylation sites (tertiary alicyclic amines) is 1. The van der Waals surface area contributed by atoms with E-state index in [1.165, 1.54) is 19.3 Å². The van der Waals surface area contributed by atoms with Crippen molar-refractivity contribution in [2.75, 3.05) is 13.1 Å². The second-order valence-electron chi connectivity index (χ2n) is 5.66. The molecule has 19 heavy (non-hydrogen) atoms. The maximum atomic E-state index is 10.6. The number of rotatable bonds is 4. The SMILES string of the molecule is CC(C)C(O)C(c1cccc(Br)n1)N1CCCCC1. The number of hydrogen-bond donors (Lipinski definition) is 1. The lowest BCUT2D eigenvalue weighted by atomic mass is 9.93. The van der Waals surface area contributed by atoms with Crippen molar-refractivity contribution in [3.63, 3.8) is 0 Å². The first-order valence-electron chi connectivity index (χ1n) is 7.14. The van der Waals surface area contributed by atoms with Gasteiger partial charge in [0.1, 0.15) is 4.60 Å². The first kappa shape index (κ1) is 14.9. The molecule has 3 nitrogen and oxygen atoms in total. The third-order valence-electron chi connectivity index (χ3n) is 3.83. The van der Waals surface area contributed by atoms with E-state index in [0.29, 0.717) is 0 Å². The largest absolute Gasteiger partial charge is 0.391 e. The lowest BCUT2D eigenvalue weighted by Crippen LogP contribution is -2.42. The van der Waals surface area contributed by atoms with E-state index in [2.05, 4.69) is 39.7 Å². The molecule has 0 spiro atoms. The van der Waals surface area contributed by atoms with Gasteiger partial charge in [-0.3, -0.25) is 4.90 Å². The van der Waals surface area contributed by atoms with Gasteiger partial charge in [0.15, 0.2) is 0 Å². The van der Waals surface area contributed by atoms with E-state index in [4.69, 9.17) is 0 Å². The first-order chi connectivity index (χ1) is 9.09. The number of aliphatic hydroxyl groups is 1. The van der Waals surface area contributed by atoms with E-state index in [1.807, 2.05) is 18.2 Å². The summed E-state index contributed by atoms with van der Waals surface area (Å²) in [5, 5.41) is 10.6. The van der Waals surface area contributed by atoms with Crippen LogP contribution in [0.15, 0.2) is 22.8 Å². The molecule has 1 saturated heterocycles. The molecule has 4 heteroatoms. The van der Waals surface area contributed by atoms with Crippen molar-refractivity contribution < 1.29 is 5.11 Å². The second kappa shape index (κ2) is 6.82. The Morgan fingerprint density at radius 3 is 2.47 bits per heavy atom. The molecule has 1 aromatic rings. The zero-order valence-corrected chi connectivity index (χ0v) is 13.3. The Morgan fingerprint density at radius 2 is 1.89 bits per heavy atom. The molecule has 0 radical (unpaired) electrons. The number of aliphatic hydroxyl groups excluding tert-OH is 1. The van der Waals surface area contributed by atoms with Crippen molar-refractivity contribution in [3.05, 3.63) is 28.5 Å². The van der Waals surface area contributed by atoms with Crippen molar-refractivity contribution in [1.29, 1.82) is 0 Å². The van der Waals surface area contributed by atoms with Crippen LogP contribution >= 0.6 is 15.9 Å². The van der Waals surface area contributed by atoms with E-state index in [9.17, 15) is 5.11 Å². The lowest BCUT2D eigenvalue weighted by Gasteiger charge is -2.38. The smallest absolute Gasteiger partial charge is 0.106 e. The molecule has 1 aliphatic heterocycles. The Morgan fingerprint density at radius 1 is 1.21 bits per heavy atom. The van der Waals surface area contributed by atoms with Gasteiger partial charge < -0.3 is 5.11 Å². The van der Waals surface area contributed by atoms with Crippen LogP contribution in [0.1, 0.15) is 44.8 Å². The predicted octanol–water partition coefficient (Wildman–Crippen LogP) is 3.39. The minimum Gasteiger partial charge on any atom is -0.391 e. The average Bonchev–Trinajstić information content (AvgIpc) is 2.40. The Bertz CT molecular complexity index is 405. The zero-order chi connectivity index (χ0) is 13.8. The van der Waals surface area contributed by atoms with Gasteiger partial charge in [0.2, 0.25) is 0 Å². The molecule has 1 fully saturated rings. The molecule has 2 rings (SSSR count). The topological polar surface area (TPSA) is 36.4 Å². The molecular formula is C15H23BrN2O. The quantitative estimate of drug-likeness (QED) is 0.861. The lowest BCUT2D eigenvalue weighted by molar-refractivity contribution is 0.00792. The van der Waals surface area contributed by atoms with Crippen molar-refractivity contribution in [2.45, 2.75) is 45.3 Å². The third-order valence-corrected chi connectivity index (χ3v) is 4.27. The minimum absolute atomic E-state index is 0.0119. The van der Waals surface area contributed by atoms with Crippen LogP contribution in [-0.2, 0) is 0 Å². The van der Waals surface area contributed by atoms with Gasteiger partial charge in [-0.15, -0.1) is 0 Å². The molecule has 0 aliphatic carbocycles. The van der Waals surface area contributed by atoms with Crippen LogP contribution in [0, 0.1) is 5.92 Å². The summed E-state index contributed by atoms with van der Waals surface area (Å²) < 4.78 is 0.836. The van der Waals surface area contributed by atoms with Gasteiger partial charge in [-0.2, -0.15) is 0 Å². The first-order valence-corrected chi connectivity index (χ1v) is 7.93. The molecule has 1 N–H and O–H groups in total. The highest BCUT2D eigenvalue weighted by molar-refractivity contribution is 9.10. The van der Waals surface area contributed by atoms with E-state index in [0.717, 1.165) is 23.4 Å². The summed E-state index contributed by atoms with van der Waals surface area (Å²) in [7, 11) is 0. The monoisotopic (exact) mass is 326 g/mol. The van der Waals surface area contributed by atoms with Crippen LogP contribution in [-0.4, -0.2) is 34.2 Å². The molecule has 0 amide bonds. The number of aromatic nitrogens is 1. The minimum atomic E-state index is -0.375. The maximum absolute atomic E-state index is 10.6. The van der Waals surface area contributed by atoms with Gasteiger partial charge in [0.05, 0.1) is 17.8 Å². The summed E-state index contributed by atoms with van der Waals surface area (Å²) in [6, 6.07) is 5.96. The molecule has 2 atom stereocenters. The number of halogens is 1. The van der Waals surface area contributed by atoms with E-state index >= 15 is 0 Å². The van der Waals surface area contributed by atoms with Crippen LogP contribution in [0.4, 0.5) is 0 Å². The van der Waals surface area contributed by atoms with E-state index in [-0.39, 0.29) is 18.1 Å². The normalized spacial score (nSPS) is 20.5. The highest BCUT2D eigenvalue weighted by Crippen LogP contribution is 2.30. The summed E-state index contributed by atoms with van der Waals surface area (Å²) >= 11 is 3.43. The van der Waals surface area contributed by atoms with Crippen LogP contribution < -0.4 is 0 Å².